The number of imide groups is 1. The van der Waals surface area contributed by atoms with E-state index in [9.17, 15) is 9.59 Å². The third kappa shape index (κ3) is 4.88. The maximum atomic E-state index is 13.3. The highest BCUT2D eigenvalue weighted by atomic mass is 16.5. The first-order chi connectivity index (χ1) is 15.2. The van der Waals surface area contributed by atoms with Gasteiger partial charge in [-0.2, -0.15) is 0 Å². The first-order valence-corrected chi connectivity index (χ1v) is 10.6. The van der Waals surface area contributed by atoms with E-state index in [1.165, 1.54) is 4.90 Å². The summed E-state index contributed by atoms with van der Waals surface area (Å²) in [5, 5.41) is 3.15. The van der Waals surface area contributed by atoms with Crippen LogP contribution >= 0.6 is 0 Å². The van der Waals surface area contributed by atoms with Gasteiger partial charge in [0.1, 0.15) is 11.4 Å². The lowest BCUT2D eigenvalue weighted by molar-refractivity contribution is -0.137. The normalized spacial score (nSPS) is 13.9. The number of anilines is 1. The first kappa shape index (κ1) is 23.2. The zero-order chi connectivity index (χ0) is 23.4. The number of carbonyl (C=O) groups is 2. The Morgan fingerprint density at radius 1 is 0.875 bits per heavy atom. The molecule has 0 saturated carbocycles. The van der Waals surface area contributed by atoms with Gasteiger partial charge in [0, 0.05) is 18.3 Å². The molecule has 3 rings (SSSR count). The number of hydrogen-bond donors (Lipinski definition) is 1. The lowest BCUT2D eigenvalue weighted by Crippen LogP contribution is -2.35. The number of carbonyl (C=O) groups excluding carboxylic acids is 2. The molecule has 1 heterocycles. The van der Waals surface area contributed by atoms with Gasteiger partial charge in [0.05, 0.1) is 25.9 Å². The minimum Gasteiger partial charge on any atom is -0.493 e. The standard InChI is InChI=1S/C25H30N2O5/c1-15(2)14-27-24(28)22(17-7-10-19(11-8-17)32-16(3)4)23(25(27)29)26-18-9-12-20(30-5)21(13-18)31-6/h7-13,15-16,26H,14H2,1-6H3. The molecule has 0 fully saturated rings. The quantitative estimate of drug-likeness (QED) is 0.587. The molecule has 1 N–H and O–H groups in total. The van der Waals surface area contributed by atoms with E-state index in [0.29, 0.717) is 40.6 Å². The summed E-state index contributed by atoms with van der Waals surface area (Å²) in [7, 11) is 3.10. The van der Waals surface area contributed by atoms with Crippen molar-refractivity contribution < 1.29 is 23.8 Å². The number of rotatable bonds is 9. The molecular formula is C25H30N2O5. The maximum absolute atomic E-state index is 13.3. The van der Waals surface area contributed by atoms with Crippen molar-refractivity contribution in [3.8, 4) is 17.2 Å². The number of amides is 2. The molecule has 32 heavy (non-hydrogen) atoms. The van der Waals surface area contributed by atoms with Crippen LogP contribution in [0, 0.1) is 5.92 Å². The molecule has 1 aliphatic rings. The van der Waals surface area contributed by atoms with Gasteiger partial charge in [0.25, 0.3) is 11.8 Å². The van der Waals surface area contributed by atoms with E-state index >= 15 is 0 Å². The molecule has 170 valence electrons. The predicted molar refractivity (Wildman–Crippen MR) is 124 cm³/mol. The Morgan fingerprint density at radius 2 is 1.53 bits per heavy atom. The minimum absolute atomic E-state index is 0.0403. The van der Waals surface area contributed by atoms with Gasteiger partial charge in [-0.1, -0.05) is 26.0 Å². The summed E-state index contributed by atoms with van der Waals surface area (Å²) >= 11 is 0. The zero-order valence-corrected chi connectivity index (χ0v) is 19.4. The molecule has 1 aliphatic heterocycles. The van der Waals surface area contributed by atoms with Crippen LogP contribution in [0.15, 0.2) is 48.2 Å². The topological polar surface area (TPSA) is 77.1 Å². The van der Waals surface area contributed by atoms with E-state index < -0.39 is 0 Å². The number of benzene rings is 2. The fourth-order valence-corrected chi connectivity index (χ4v) is 3.52. The van der Waals surface area contributed by atoms with E-state index in [0.717, 1.165) is 0 Å². The second-order valence-corrected chi connectivity index (χ2v) is 8.25. The lowest BCUT2D eigenvalue weighted by atomic mass is 10.0. The summed E-state index contributed by atoms with van der Waals surface area (Å²) in [6, 6.07) is 12.5. The first-order valence-electron chi connectivity index (χ1n) is 10.6. The van der Waals surface area contributed by atoms with Gasteiger partial charge >= 0.3 is 0 Å². The Morgan fingerprint density at radius 3 is 2.09 bits per heavy atom. The third-order valence-corrected chi connectivity index (χ3v) is 4.88. The second kappa shape index (κ2) is 9.77. The summed E-state index contributed by atoms with van der Waals surface area (Å²) in [5.74, 6) is 1.27. The molecule has 2 aromatic rings. The summed E-state index contributed by atoms with van der Waals surface area (Å²) in [5.41, 5.74) is 1.83. The average Bonchev–Trinajstić information content (AvgIpc) is 2.97. The largest absolute Gasteiger partial charge is 0.493 e. The Kier molecular flexibility index (Phi) is 7.08. The molecule has 7 nitrogen and oxygen atoms in total. The fourth-order valence-electron chi connectivity index (χ4n) is 3.52. The number of hydrogen-bond acceptors (Lipinski definition) is 6. The number of nitrogens with zero attached hydrogens (tertiary/aromatic N) is 1. The highest BCUT2D eigenvalue weighted by molar-refractivity contribution is 6.36. The number of methoxy groups -OCH3 is 2. The zero-order valence-electron chi connectivity index (χ0n) is 19.4. The van der Waals surface area contributed by atoms with E-state index in [1.807, 2.05) is 27.7 Å². The predicted octanol–water partition coefficient (Wildman–Crippen LogP) is 4.34. The van der Waals surface area contributed by atoms with Gasteiger partial charge in [-0.15, -0.1) is 0 Å². The molecular weight excluding hydrogens is 408 g/mol. The Bertz CT molecular complexity index is 1030. The number of nitrogens with one attached hydrogen (secondary N) is 1. The highest BCUT2D eigenvalue weighted by Crippen LogP contribution is 2.34. The highest BCUT2D eigenvalue weighted by Gasteiger charge is 2.39. The van der Waals surface area contributed by atoms with Crippen LogP contribution in [0.4, 0.5) is 5.69 Å². The van der Waals surface area contributed by atoms with Crippen LogP contribution in [-0.4, -0.2) is 43.6 Å². The summed E-state index contributed by atoms with van der Waals surface area (Å²) in [6.45, 7) is 8.18. The molecule has 0 bridgehead atoms. The van der Waals surface area contributed by atoms with Crippen LogP contribution in [-0.2, 0) is 9.59 Å². The third-order valence-electron chi connectivity index (χ3n) is 4.88. The Labute approximate surface area is 189 Å². The summed E-state index contributed by atoms with van der Waals surface area (Å²) < 4.78 is 16.3. The summed E-state index contributed by atoms with van der Waals surface area (Å²) in [6.07, 6.45) is 0.0403. The fraction of sp³-hybridized carbons (Fsp3) is 0.360. The van der Waals surface area contributed by atoms with Gasteiger partial charge in [-0.3, -0.25) is 14.5 Å². The Balaban J connectivity index is 2.03. The summed E-state index contributed by atoms with van der Waals surface area (Å²) in [4.78, 5) is 27.8. The van der Waals surface area contributed by atoms with E-state index in [-0.39, 0.29) is 29.5 Å². The second-order valence-electron chi connectivity index (χ2n) is 8.25. The molecule has 0 aromatic heterocycles. The maximum Gasteiger partial charge on any atom is 0.278 e. The van der Waals surface area contributed by atoms with E-state index in [1.54, 1.807) is 56.7 Å². The lowest BCUT2D eigenvalue weighted by Gasteiger charge is -2.17. The van der Waals surface area contributed by atoms with Gasteiger partial charge in [0.15, 0.2) is 11.5 Å². The van der Waals surface area contributed by atoms with Crippen LogP contribution in [0.25, 0.3) is 5.57 Å². The van der Waals surface area contributed by atoms with Crippen molar-refractivity contribution in [1.82, 2.24) is 4.90 Å². The van der Waals surface area contributed by atoms with Crippen molar-refractivity contribution in [2.24, 2.45) is 5.92 Å². The average molecular weight is 439 g/mol. The minimum atomic E-state index is -0.351. The molecule has 0 saturated heterocycles. The molecule has 0 radical (unpaired) electrons. The van der Waals surface area contributed by atoms with Crippen molar-refractivity contribution in [2.45, 2.75) is 33.8 Å². The SMILES string of the molecule is COc1ccc(NC2=C(c3ccc(OC(C)C)cc3)C(=O)N(CC(C)C)C2=O)cc1OC. The van der Waals surface area contributed by atoms with Crippen molar-refractivity contribution >= 4 is 23.1 Å². The Hall–Kier alpha value is -3.48. The van der Waals surface area contributed by atoms with Gasteiger partial charge < -0.3 is 19.5 Å². The van der Waals surface area contributed by atoms with E-state index in [4.69, 9.17) is 14.2 Å². The van der Waals surface area contributed by atoms with Crippen molar-refractivity contribution in [2.75, 3.05) is 26.1 Å². The van der Waals surface area contributed by atoms with Gasteiger partial charge in [0.2, 0.25) is 0 Å². The van der Waals surface area contributed by atoms with Crippen molar-refractivity contribution in [3.05, 3.63) is 53.7 Å². The smallest absolute Gasteiger partial charge is 0.278 e. The van der Waals surface area contributed by atoms with Crippen LogP contribution in [0.2, 0.25) is 0 Å². The molecule has 2 aromatic carbocycles. The van der Waals surface area contributed by atoms with Crippen LogP contribution in [0.3, 0.4) is 0 Å². The van der Waals surface area contributed by atoms with E-state index in [2.05, 4.69) is 5.32 Å². The monoisotopic (exact) mass is 438 g/mol. The van der Waals surface area contributed by atoms with Crippen molar-refractivity contribution in [1.29, 1.82) is 0 Å². The van der Waals surface area contributed by atoms with Crippen molar-refractivity contribution in [3.63, 3.8) is 0 Å². The molecule has 0 spiro atoms. The molecule has 7 heteroatoms. The van der Waals surface area contributed by atoms with Gasteiger partial charge in [-0.05, 0) is 49.6 Å². The molecule has 0 aliphatic carbocycles. The molecule has 0 atom stereocenters. The van der Waals surface area contributed by atoms with Crippen LogP contribution in [0.1, 0.15) is 33.3 Å². The molecule has 0 unspecified atom stereocenters. The van der Waals surface area contributed by atoms with Gasteiger partial charge in [-0.25, -0.2) is 0 Å². The van der Waals surface area contributed by atoms with Crippen LogP contribution < -0.4 is 19.5 Å². The van der Waals surface area contributed by atoms with Crippen LogP contribution in [0.5, 0.6) is 17.2 Å². The number of ether oxygens (including phenoxy) is 3. The molecule has 2 amide bonds.